The summed E-state index contributed by atoms with van der Waals surface area (Å²) >= 11 is 0. The van der Waals surface area contributed by atoms with E-state index in [0.717, 1.165) is 25.9 Å². The van der Waals surface area contributed by atoms with Gasteiger partial charge in [-0.1, -0.05) is 31.6 Å². The normalized spacial score (nSPS) is 21.3. The van der Waals surface area contributed by atoms with E-state index >= 15 is 0 Å². The first kappa shape index (κ1) is 20.7. The van der Waals surface area contributed by atoms with Crippen molar-refractivity contribution < 1.29 is 4.99 Å². The van der Waals surface area contributed by atoms with E-state index in [2.05, 4.69) is 94.4 Å². The lowest BCUT2D eigenvalue weighted by molar-refractivity contribution is -0.450. The van der Waals surface area contributed by atoms with Crippen molar-refractivity contribution in [1.82, 2.24) is 0 Å². The molecular weight excluding hydrogens is 364 g/mol. The zero-order valence-corrected chi connectivity index (χ0v) is 19.4. The Morgan fingerprint density at radius 1 is 1.07 bits per heavy atom. The molecule has 2 heteroatoms. The summed E-state index contributed by atoms with van der Waals surface area (Å²) in [4.78, 5) is 3.52. The molecule has 4 rings (SSSR count). The van der Waals surface area contributed by atoms with Gasteiger partial charge in [0, 0.05) is 29.8 Å². The molecule has 3 aliphatic rings. The topological polar surface area (TPSA) is 26.0 Å². The highest BCUT2D eigenvalue weighted by atomic mass is 14.8. The minimum atomic E-state index is -0.0637. The molecule has 0 amide bonds. The molecule has 0 saturated heterocycles. The number of allylic oxidation sites excluding steroid dienone is 10. The van der Waals surface area contributed by atoms with Crippen molar-refractivity contribution in [3.8, 4) is 0 Å². The van der Waals surface area contributed by atoms with Crippen LogP contribution in [0.15, 0.2) is 70.4 Å². The number of anilines is 1. The van der Waals surface area contributed by atoms with Crippen LogP contribution < -0.4 is 10.3 Å². The van der Waals surface area contributed by atoms with Crippen molar-refractivity contribution in [3.63, 3.8) is 0 Å². The Labute approximate surface area is 181 Å². The summed E-state index contributed by atoms with van der Waals surface area (Å²) in [5, 5.41) is 3.52. The lowest BCUT2D eigenvalue weighted by Gasteiger charge is -2.40. The van der Waals surface area contributed by atoms with E-state index in [0.29, 0.717) is 0 Å². The first-order valence-corrected chi connectivity index (χ1v) is 11.4. The molecule has 0 aliphatic heterocycles. The zero-order chi connectivity index (χ0) is 21.5. The van der Waals surface area contributed by atoms with E-state index in [9.17, 15) is 0 Å². The van der Waals surface area contributed by atoms with Gasteiger partial charge in [-0.25, -0.2) is 4.99 Å². The van der Waals surface area contributed by atoms with Crippen molar-refractivity contribution in [3.05, 3.63) is 81.5 Å². The quantitative estimate of drug-likeness (QED) is 0.710. The third-order valence-corrected chi connectivity index (χ3v) is 6.73. The van der Waals surface area contributed by atoms with E-state index in [1.54, 1.807) is 0 Å². The van der Waals surface area contributed by atoms with Crippen LogP contribution in [0.3, 0.4) is 0 Å². The SMILES string of the molecule is CCNc1ccc2c(c1)C(C)(C)C1=CC(=[NH+]CC)C=CC1=C2C1=C(C)CCC=C1C. The summed E-state index contributed by atoms with van der Waals surface area (Å²) in [6.45, 7) is 15.5. The molecule has 0 fully saturated rings. The van der Waals surface area contributed by atoms with Crippen LogP contribution in [-0.4, -0.2) is 18.8 Å². The number of hydrogen-bond donors (Lipinski definition) is 2. The molecule has 156 valence electrons. The van der Waals surface area contributed by atoms with E-state index in [4.69, 9.17) is 0 Å². The molecule has 0 saturated carbocycles. The van der Waals surface area contributed by atoms with Gasteiger partial charge in [-0.05, 0) is 97.7 Å². The van der Waals surface area contributed by atoms with Gasteiger partial charge in [-0.3, -0.25) is 0 Å². The fraction of sp³-hybridized carbons (Fsp3) is 0.393. The van der Waals surface area contributed by atoms with E-state index in [1.165, 1.54) is 56.0 Å². The van der Waals surface area contributed by atoms with Gasteiger partial charge >= 0.3 is 0 Å². The van der Waals surface area contributed by atoms with Crippen LogP contribution in [0.2, 0.25) is 0 Å². The van der Waals surface area contributed by atoms with Gasteiger partial charge in [-0.15, -0.1) is 0 Å². The highest BCUT2D eigenvalue weighted by Gasteiger charge is 2.39. The molecule has 2 N–H and O–H groups in total. The first-order valence-electron chi connectivity index (χ1n) is 11.4. The van der Waals surface area contributed by atoms with Crippen LogP contribution in [0.5, 0.6) is 0 Å². The molecule has 0 bridgehead atoms. The Morgan fingerprint density at radius 3 is 2.57 bits per heavy atom. The maximum Gasteiger partial charge on any atom is 0.198 e. The molecule has 0 atom stereocenters. The second kappa shape index (κ2) is 7.91. The van der Waals surface area contributed by atoms with Crippen molar-refractivity contribution in [2.45, 2.75) is 59.8 Å². The summed E-state index contributed by atoms with van der Waals surface area (Å²) in [6, 6.07) is 6.96. The molecule has 1 aromatic rings. The van der Waals surface area contributed by atoms with Crippen molar-refractivity contribution in [2.75, 3.05) is 18.4 Å². The third-order valence-electron chi connectivity index (χ3n) is 6.73. The Hall–Kier alpha value is -2.61. The fourth-order valence-electron chi connectivity index (χ4n) is 5.23. The minimum Gasteiger partial charge on any atom is -0.385 e. The molecule has 0 aromatic heterocycles. The van der Waals surface area contributed by atoms with Gasteiger partial charge in [0.05, 0.1) is 0 Å². The third kappa shape index (κ3) is 3.33. The Morgan fingerprint density at radius 2 is 1.87 bits per heavy atom. The smallest absolute Gasteiger partial charge is 0.198 e. The number of fused-ring (bicyclic) bond motifs is 2. The molecule has 1 aromatic carbocycles. The molecular formula is C28H35N2+. The van der Waals surface area contributed by atoms with E-state index in [-0.39, 0.29) is 5.41 Å². The predicted octanol–water partition coefficient (Wildman–Crippen LogP) is 5.26. The molecule has 0 heterocycles. The van der Waals surface area contributed by atoms with Gasteiger partial charge in [-0.2, -0.15) is 0 Å². The Kier molecular flexibility index (Phi) is 5.44. The molecule has 0 unspecified atom stereocenters. The summed E-state index contributed by atoms with van der Waals surface area (Å²) < 4.78 is 0. The van der Waals surface area contributed by atoms with Crippen LogP contribution in [0, 0.1) is 0 Å². The van der Waals surface area contributed by atoms with Gasteiger partial charge in [0.15, 0.2) is 5.71 Å². The van der Waals surface area contributed by atoms with E-state index < -0.39 is 0 Å². The summed E-state index contributed by atoms with van der Waals surface area (Å²) in [6.07, 6.45) is 11.7. The average molecular weight is 400 g/mol. The van der Waals surface area contributed by atoms with Gasteiger partial charge in [0.25, 0.3) is 0 Å². The summed E-state index contributed by atoms with van der Waals surface area (Å²) in [7, 11) is 0. The fourth-order valence-corrected chi connectivity index (χ4v) is 5.23. The van der Waals surface area contributed by atoms with Gasteiger partial charge in [0.2, 0.25) is 0 Å². The molecule has 0 radical (unpaired) electrons. The summed E-state index contributed by atoms with van der Waals surface area (Å²) in [5.41, 5.74) is 13.7. The Bertz CT molecular complexity index is 1070. The number of nitrogens with one attached hydrogen (secondary N) is 2. The van der Waals surface area contributed by atoms with Crippen LogP contribution >= 0.6 is 0 Å². The molecule has 0 spiro atoms. The Balaban J connectivity index is 2.05. The van der Waals surface area contributed by atoms with Gasteiger partial charge in [0.1, 0.15) is 6.54 Å². The monoisotopic (exact) mass is 399 g/mol. The zero-order valence-electron chi connectivity index (χ0n) is 19.4. The van der Waals surface area contributed by atoms with Crippen molar-refractivity contribution in [2.24, 2.45) is 0 Å². The number of rotatable bonds is 4. The summed E-state index contributed by atoms with van der Waals surface area (Å²) in [5.74, 6) is 0. The van der Waals surface area contributed by atoms with Crippen LogP contribution in [0.4, 0.5) is 5.69 Å². The van der Waals surface area contributed by atoms with Crippen molar-refractivity contribution >= 4 is 17.0 Å². The largest absolute Gasteiger partial charge is 0.385 e. The number of benzene rings is 1. The van der Waals surface area contributed by atoms with E-state index in [1.807, 2.05) is 0 Å². The molecule has 3 aliphatic carbocycles. The van der Waals surface area contributed by atoms with Crippen LogP contribution in [0.25, 0.3) is 5.57 Å². The van der Waals surface area contributed by atoms with Gasteiger partial charge < -0.3 is 5.32 Å². The van der Waals surface area contributed by atoms with Crippen LogP contribution in [-0.2, 0) is 5.41 Å². The lowest BCUT2D eigenvalue weighted by atomic mass is 9.63. The standard InChI is InChI=1S/C28H34N2/c1-7-29-20-12-14-22-24(16-20)28(5,6)25-17-21(30-8-2)13-15-23(25)27(22)26-18(3)10-9-11-19(26)4/h10,12-17,29H,7-9,11H2,1-6H3/p+1. The predicted molar refractivity (Wildman–Crippen MR) is 130 cm³/mol. The first-order chi connectivity index (χ1) is 14.4. The molecule has 30 heavy (non-hydrogen) atoms. The highest BCUT2D eigenvalue weighted by molar-refractivity contribution is 6.06. The maximum atomic E-state index is 3.52. The highest BCUT2D eigenvalue weighted by Crippen LogP contribution is 2.52. The minimum absolute atomic E-state index is 0.0637. The average Bonchev–Trinajstić information content (AvgIpc) is 2.71. The molecule has 2 nitrogen and oxygen atoms in total. The second-order valence-corrected chi connectivity index (χ2v) is 9.16. The maximum absolute atomic E-state index is 3.52. The van der Waals surface area contributed by atoms with Crippen LogP contribution in [0.1, 0.15) is 65.5 Å². The van der Waals surface area contributed by atoms with Crippen molar-refractivity contribution in [1.29, 1.82) is 0 Å². The number of hydrogen-bond acceptors (Lipinski definition) is 1. The lowest BCUT2D eigenvalue weighted by Crippen LogP contribution is -2.71. The second-order valence-electron chi connectivity index (χ2n) is 9.16.